The molecule has 7 nitrogen and oxygen atoms in total. The molecule has 4 rings (SSSR count). The van der Waals surface area contributed by atoms with E-state index in [0.717, 1.165) is 36.3 Å². The molecule has 0 radical (unpaired) electrons. The molecule has 0 atom stereocenters. The third kappa shape index (κ3) is 5.03. The molecule has 0 spiro atoms. The van der Waals surface area contributed by atoms with Crippen molar-refractivity contribution < 1.29 is 17.6 Å². The number of thiazole rings is 1. The second kappa shape index (κ2) is 9.43. The average Bonchev–Trinajstić information content (AvgIpc) is 3.20. The average molecular weight is 495 g/mol. The Hall–Kier alpha value is -2.69. The standard InChI is InChI=1S/C21H20ClFN4O3S2/c22-18-14-17(6-7-19(18)23)32(29,30)25-16-4-2-15(3-5-16)20(28)26-9-1-10-27(12-11-26)21-24-8-13-31-21/h2-8,13-14,25H,1,9-12H2. The van der Waals surface area contributed by atoms with Gasteiger partial charge in [-0.2, -0.15) is 0 Å². The summed E-state index contributed by atoms with van der Waals surface area (Å²) in [7, 11) is -3.95. The SMILES string of the molecule is O=C(c1ccc(NS(=O)(=O)c2ccc(F)c(Cl)c2)cc1)N1CCCN(c2nccs2)CC1. The number of carbonyl (C=O) groups excluding carboxylic acids is 1. The molecule has 11 heteroatoms. The summed E-state index contributed by atoms with van der Waals surface area (Å²) < 4.78 is 40.8. The second-order valence-corrected chi connectivity index (χ2v) is 10.2. The van der Waals surface area contributed by atoms with E-state index < -0.39 is 15.8 Å². The quantitative estimate of drug-likeness (QED) is 0.577. The van der Waals surface area contributed by atoms with Crippen LogP contribution >= 0.6 is 22.9 Å². The lowest BCUT2D eigenvalue weighted by Crippen LogP contribution is -2.35. The number of hydrogen-bond donors (Lipinski definition) is 1. The van der Waals surface area contributed by atoms with Gasteiger partial charge >= 0.3 is 0 Å². The predicted molar refractivity (Wildman–Crippen MR) is 124 cm³/mol. The number of hydrogen-bond acceptors (Lipinski definition) is 6. The summed E-state index contributed by atoms with van der Waals surface area (Å²) in [6, 6.07) is 9.39. The Morgan fingerprint density at radius 2 is 1.88 bits per heavy atom. The number of sulfonamides is 1. The minimum absolute atomic E-state index is 0.106. The fourth-order valence-corrected chi connectivity index (χ4v) is 5.43. The molecule has 1 fully saturated rings. The lowest BCUT2D eigenvalue weighted by Gasteiger charge is -2.22. The van der Waals surface area contributed by atoms with Crippen molar-refractivity contribution in [3.8, 4) is 0 Å². The van der Waals surface area contributed by atoms with Gasteiger partial charge in [-0.15, -0.1) is 11.3 Å². The van der Waals surface area contributed by atoms with Crippen LogP contribution in [0, 0.1) is 5.82 Å². The molecule has 1 aromatic heterocycles. The van der Waals surface area contributed by atoms with Crippen LogP contribution in [0.15, 0.2) is 58.9 Å². The van der Waals surface area contributed by atoms with Gasteiger partial charge in [0.25, 0.3) is 15.9 Å². The summed E-state index contributed by atoms with van der Waals surface area (Å²) in [5, 5.41) is 2.61. The maximum Gasteiger partial charge on any atom is 0.261 e. The van der Waals surface area contributed by atoms with Crippen molar-refractivity contribution in [2.45, 2.75) is 11.3 Å². The number of rotatable bonds is 5. The molecule has 2 aromatic carbocycles. The van der Waals surface area contributed by atoms with Crippen molar-refractivity contribution >= 4 is 49.7 Å². The first kappa shape index (κ1) is 22.5. The fraction of sp³-hybridized carbons (Fsp3) is 0.238. The molecule has 3 aromatic rings. The molecule has 1 saturated heterocycles. The summed E-state index contributed by atoms with van der Waals surface area (Å²) >= 11 is 7.27. The van der Waals surface area contributed by atoms with Crippen LogP contribution in [-0.2, 0) is 10.0 Å². The number of halogens is 2. The van der Waals surface area contributed by atoms with Crippen LogP contribution in [-0.4, -0.2) is 50.4 Å². The zero-order chi connectivity index (χ0) is 22.7. The third-order valence-corrected chi connectivity index (χ3v) is 7.56. The van der Waals surface area contributed by atoms with E-state index in [1.807, 2.05) is 5.38 Å². The number of nitrogens with one attached hydrogen (secondary N) is 1. The lowest BCUT2D eigenvalue weighted by atomic mass is 10.2. The molecular formula is C21H20ClFN4O3S2. The van der Waals surface area contributed by atoms with E-state index in [1.54, 1.807) is 34.6 Å². The van der Waals surface area contributed by atoms with Gasteiger partial charge in [0.1, 0.15) is 5.82 Å². The summed E-state index contributed by atoms with van der Waals surface area (Å²) in [6.07, 6.45) is 2.61. The zero-order valence-corrected chi connectivity index (χ0v) is 19.3. The van der Waals surface area contributed by atoms with Crippen LogP contribution in [0.3, 0.4) is 0 Å². The molecule has 0 aliphatic carbocycles. The molecule has 1 aliphatic heterocycles. The van der Waals surface area contributed by atoms with Crippen LogP contribution in [0.5, 0.6) is 0 Å². The fourth-order valence-electron chi connectivity index (χ4n) is 3.41. The molecule has 1 N–H and O–H groups in total. The first-order valence-corrected chi connectivity index (χ1v) is 12.6. The summed E-state index contributed by atoms with van der Waals surface area (Å²) in [5.74, 6) is -0.803. The topological polar surface area (TPSA) is 82.6 Å². The van der Waals surface area contributed by atoms with Gasteiger partial charge in [-0.25, -0.2) is 17.8 Å². The van der Waals surface area contributed by atoms with E-state index in [9.17, 15) is 17.6 Å². The van der Waals surface area contributed by atoms with Gasteiger partial charge in [0.2, 0.25) is 0 Å². The highest BCUT2D eigenvalue weighted by atomic mass is 35.5. The molecule has 1 amide bonds. The minimum atomic E-state index is -3.95. The Balaban J connectivity index is 1.41. The highest BCUT2D eigenvalue weighted by molar-refractivity contribution is 7.92. The van der Waals surface area contributed by atoms with Gasteiger partial charge in [-0.05, 0) is 48.9 Å². The molecular weight excluding hydrogens is 475 g/mol. The molecule has 0 bridgehead atoms. The monoisotopic (exact) mass is 494 g/mol. The van der Waals surface area contributed by atoms with Gasteiger partial charge in [0, 0.05) is 49.0 Å². The number of nitrogens with zero attached hydrogens (tertiary/aromatic N) is 3. The van der Waals surface area contributed by atoms with Crippen molar-refractivity contribution in [3.05, 3.63) is 70.4 Å². The molecule has 1 aliphatic rings. The highest BCUT2D eigenvalue weighted by Gasteiger charge is 2.22. The molecule has 168 valence electrons. The van der Waals surface area contributed by atoms with Gasteiger partial charge in [0.15, 0.2) is 5.13 Å². The van der Waals surface area contributed by atoms with E-state index in [-0.39, 0.29) is 21.5 Å². The summed E-state index contributed by atoms with van der Waals surface area (Å²) in [4.78, 5) is 21.1. The summed E-state index contributed by atoms with van der Waals surface area (Å²) in [5.41, 5.74) is 0.758. The van der Waals surface area contributed by atoms with Gasteiger partial charge in [-0.3, -0.25) is 9.52 Å². The Morgan fingerprint density at radius 3 is 2.56 bits per heavy atom. The summed E-state index contributed by atoms with van der Waals surface area (Å²) in [6.45, 7) is 2.77. The van der Waals surface area contributed by atoms with Crippen LogP contribution in [0.4, 0.5) is 15.2 Å². The van der Waals surface area contributed by atoms with E-state index in [2.05, 4.69) is 14.6 Å². The van der Waals surface area contributed by atoms with E-state index in [0.29, 0.717) is 25.2 Å². The Bertz CT molecular complexity index is 1200. The second-order valence-electron chi connectivity index (χ2n) is 7.21. The molecule has 2 heterocycles. The number of amides is 1. The Labute approximate surface area is 194 Å². The normalized spacial score (nSPS) is 14.8. The van der Waals surface area contributed by atoms with Crippen LogP contribution in [0.25, 0.3) is 0 Å². The van der Waals surface area contributed by atoms with Gasteiger partial charge in [0.05, 0.1) is 9.92 Å². The van der Waals surface area contributed by atoms with Crippen LogP contribution < -0.4 is 9.62 Å². The van der Waals surface area contributed by atoms with Crippen LogP contribution in [0.2, 0.25) is 5.02 Å². The van der Waals surface area contributed by atoms with E-state index in [4.69, 9.17) is 11.6 Å². The first-order valence-electron chi connectivity index (χ1n) is 9.85. The van der Waals surface area contributed by atoms with E-state index in [1.165, 1.54) is 12.1 Å². The van der Waals surface area contributed by atoms with Gasteiger partial charge < -0.3 is 9.80 Å². The third-order valence-electron chi connectivity index (χ3n) is 5.06. The smallest absolute Gasteiger partial charge is 0.261 e. The van der Waals surface area contributed by atoms with Crippen molar-refractivity contribution in [2.24, 2.45) is 0 Å². The first-order chi connectivity index (χ1) is 15.3. The largest absolute Gasteiger partial charge is 0.346 e. The Kier molecular flexibility index (Phi) is 6.63. The lowest BCUT2D eigenvalue weighted by molar-refractivity contribution is 0.0767. The number of aromatic nitrogens is 1. The zero-order valence-electron chi connectivity index (χ0n) is 16.9. The predicted octanol–water partition coefficient (Wildman–Crippen LogP) is 4.09. The Morgan fingerprint density at radius 1 is 1.09 bits per heavy atom. The highest BCUT2D eigenvalue weighted by Crippen LogP contribution is 2.23. The van der Waals surface area contributed by atoms with Crippen molar-refractivity contribution in [1.82, 2.24) is 9.88 Å². The minimum Gasteiger partial charge on any atom is -0.346 e. The van der Waals surface area contributed by atoms with E-state index >= 15 is 0 Å². The van der Waals surface area contributed by atoms with Crippen LogP contribution in [0.1, 0.15) is 16.8 Å². The number of benzene rings is 2. The van der Waals surface area contributed by atoms with Crippen molar-refractivity contribution in [1.29, 1.82) is 0 Å². The van der Waals surface area contributed by atoms with Crippen molar-refractivity contribution in [2.75, 3.05) is 35.8 Å². The maximum absolute atomic E-state index is 13.3. The molecule has 0 saturated carbocycles. The van der Waals surface area contributed by atoms with Crippen molar-refractivity contribution in [3.63, 3.8) is 0 Å². The molecule has 0 unspecified atom stereocenters. The van der Waals surface area contributed by atoms with Gasteiger partial charge in [-0.1, -0.05) is 11.6 Å². The maximum atomic E-state index is 13.3. The number of anilines is 2. The number of carbonyl (C=O) groups is 1. The molecule has 32 heavy (non-hydrogen) atoms.